The maximum absolute atomic E-state index is 10.6. The first-order chi connectivity index (χ1) is 13.4. The van der Waals surface area contributed by atoms with Crippen molar-refractivity contribution in [3.05, 3.63) is 58.4 Å². The summed E-state index contributed by atoms with van der Waals surface area (Å²) in [5.74, 6) is -0.756. The molecule has 1 aliphatic rings. The maximum atomic E-state index is 10.6. The average molecular weight is 399 g/mol. The first kappa shape index (κ1) is 32.2. The molecule has 0 spiro atoms. The molecule has 18 heteroatoms. The number of hydrogen-bond acceptors (Lipinski definition) is 6. The van der Waals surface area contributed by atoms with Crippen LogP contribution in [0.3, 0.4) is 0 Å². The van der Waals surface area contributed by atoms with Crippen LogP contribution in [-0.2, 0) is 4.79 Å². The van der Waals surface area contributed by atoms with Gasteiger partial charge >= 0.3 is 5.97 Å². The third kappa shape index (κ3) is 49.5. The number of aliphatic carboxylic acids is 1. The van der Waals surface area contributed by atoms with Crippen molar-refractivity contribution in [2.24, 2.45) is 0 Å². The van der Waals surface area contributed by atoms with E-state index < -0.39 is 5.97 Å². The van der Waals surface area contributed by atoms with Crippen LogP contribution in [-0.4, -0.2) is 74.9 Å². The molecule has 0 aromatic rings. The number of nitrogens with zero attached hydrogens (tertiary/aromatic N) is 12. The van der Waals surface area contributed by atoms with E-state index in [0.29, 0.717) is 0 Å². The average Bonchev–Trinajstić information content (AvgIpc) is 2.60. The summed E-state index contributed by atoms with van der Waals surface area (Å²) in [6, 6.07) is 0. The van der Waals surface area contributed by atoms with Crippen molar-refractivity contribution in [1.82, 2.24) is 20.9 Å². The van der Waals surface area contributed by atoms with E-state index in [-0.39, 0.29) is 6.54 Å². The minimum absolute atomic E-state index is 0.127. The van der Waals surface area contributed by atoms with E-state index in [2.05, 4.69) is 16.0 Å². The van der Waals surface area contributed by atoms with Gasteiger partial charge in [0, 0.05) is 52.4 Å². The van der Waals surface area contributed by atoms with Gasteiger partial charge < -0.3 is 54.2 Å². The zero-order valence-electron chi connectivity index (χ0n) is 15.1. The fourth-order valence-corrected chi connectivity index (χ4v) is 1.66. The second kappa shape index (κ2) is 34.8. The Balaban J connectivity index is -0.000000198. The van der Waals surface area contributed by atoms with Gasteiger partial charge in [0.05, 0.1) is 6.54 Å². The Morgan fingerprint density at radius 1 is 0.786 bits per heavy atom. The fraction of sp³-hybridized carbons (Fsp3) is 0.900. The summed E-state index contributed by atoms with van der Waals surface area (Å²) in [6.45, 7) is 7.16. The highest BCUT2D eigenvalue weighted by molar-refractivity contribution is 5.69. The summed E-state index contributed by atoms with van der Waals surface area (Å²) in [4.78, 5) is 18.9. The molecular formula is C10H23N16O2-3. The topological polar surface area (TPSA) is 313 Å². The van der Waals surface area contributed by atoms with Crippen molar-refractivity contribution in [3.8, 4) is 0 Å². The van der Waals surface area contributed by atoms with Crippen molar-refractivity contribution in [2.75, 3.05) is 58.9 Å². The molecule has 0 unspecified atom stereocenters. The molecule has 0 atom stereocenters. The van der Waals surface area contributed by atoms with Crippen LogP contribution >= 0.6 is 0 Å². The largest absolute Gasteiger partial charge is 0.480 e. The first-order valence-electron chi connectivity index (χ1n) is 7.47. The Hall–Kier alpha value is -3.45. The predicted octanol–water partition coefficient (Wildman–Crippen LogP) is 1.63. The molecule has 0 aromatic carbocycles. The Morgan fingerprint density at radius 2 is 1.04 bits per heavy atom. The van der Waals surface area contributed by atoms with E-state index in [4.69, 9.17) is 49.4 Å². The van der Waals surface area contributed by atoms with E-state index in [1.807, 2.05) is 4.90 Å². The van der Waals surface area contributed by atoms with Crippen molar-refractivity contribution in [1.29, 1.82) is 5.53 Å². The normalized spacial score (nSPS) is 13.7. The Morgan fingerprint density at radius 3 is 1.29 bits per heavy atom. The zero-order chi connectivity index (χ0) is 22.5. The minimum atomic E-state index is -0.756. The quantitative estimate of drug-likeness (QED) is 0.260. The number of carboxylic acids is 1. The molecule has 0 amide bonds. The second-order valence-electron chi connectivity index (χ2n) is 4.29. The van der Waals surface area contributed by atoms with Crippen molar-refractivity contribution < 1.29 is 9.90 Å². The van der Waals surface area contributed by atoms with Gasteiger partial charge in [-0.05, 0) is 10.4 Å². The van der Waals surface area contributed by atoms with Gasteiger partial charge in [-0.25, -0.2) is 0 Å². The lowest BCUT2D eigenvalue weighted by atomic mass is 10.4. The molecule has 5 N–H and O–H groups in total. The Labute approximate surface area is 160 Å². The van der Waals surface area contributed by atoms with Gasteiger partial charge in [0.15, 0.2) is 0 Å². The van der Waals surface area contributed by atoms with Gasteiger partial charge in [-0.2, -0.15) is 0 Å². The second-order valence-corrected chi connectivity index (χ2v) is 4.29. The van der Waals surface area contributed by atoms with Gasteiger partial charge in [-0.3, -0.25) is 24.4 Å². The van der Waals surface area contributed by atoms with Crippen LogP contribution in [0.2, 0.25) is 0 Å². The van der Waals surface area contributed by atoms with Crippen LogP contribution in [0.15, 0.2) is 0 Å². The molecule has 1 rings (SSSR count). The number of carbonyl (C=O) groups is 1. The maximum Gasteiger partial charge on any atom is 0.317 e. The summed E-state index contributed by atoms with van der Waals surface area (Å²) in [6.07, 6.45) is 0. The van der Waals surface area contributed by atoms with E-state index in [9.17, 15) is 4.79 Å². The summed E-state index contributed by atoms with van der Waals surface area (Å²) in [7, 11) is 0. The van der Waals surface area contributed by atoms with Crippen LogP contribution in [0.5, 0.6) is 0 Å². The minimum Gasteiger partial charge on any atom is -0.480 e. The van der Waals surface area contributed by atoms with E-state index >= 15 is 0 Å². The molecule has 1 fully saturated rings. The molecule has 18 nitrogen and oxygen atoms in total. The Kier molecular flexibility index (Phi) is 40.1. The molecular weight excluding hydrogens is 376 g/mol. The molecule has 158 valence electrons. The summed E-state index contributed by atoms with van der Waals surface area (Å²) in [5.41, 5.74) is 52.8. The standard InChI is InChI=1S/C10H22N4O2.HN3.3N3/c15-10(16)9-14-7-5-12-3-1-11-2-4-13-6-8-14;4*1-3-2/h11-13H,1-9H2,(H,15,16);1H;;;/q;;3*-1. The van der Waals surface area contributed by atoms with Crippen molar-refractivity contribution in [2.45, 2.75) is 0 Å². The van der Waals surface area contributed by atoms with E-state index in [0.717, 1.165) is 52.4 Å². The molecule has 1 saturated heterocycles. The summed E-state index contributed by atoms with van der Waals surface area (Å²) in [5, 5.41) is 18.7. The molecule has 0 radical (unpaired) electrons. The van der Waals surface area contributed by atoms with Gasteiger partial charge in [-0.15, -0.1) is 5.53 Å². The van der Waals surface area contributed by atoms with Gasteiger partial charge in [0.2, 0.25) is 0 Å². The van der Waals surface area contributed by atoms with Crippen LogP contribution in [0.25, 0.3) is 58.4 Å². The molecule has 0 aromatic heterocycles. The van der Waals surface area contributed by atoms with E-state index in [1.54, 1.807) is 4.91 Å². The van der Waals surface area contributed by atoms with Gasteiger partial charge in [0.1, 0.15) is 0 Å². The molecule has 1 heterocycles. The van der Waals surface area contributed by atoms with Gasteiger partial charge in [-0.1, -0.05) is 0 Å². The predicted molar refractivity (Wildman–Crippen MR) is 102 cm³/mol. The highest BCUT2D eigenvalue weighted by Gasteiger charge is 2.08. The zero-order valence-corrected chi connectivity index (χ0v) is 15.1. The van der Waals surface area contributed by atoms with Crippen LogP contribution < -0.4 is 16.0 Å². The third-order valence-electron chi connectivity index (χ3n) is 2.53. The lowest BCUT2D eigenvalue weighted by Gasteiger charge is -2.21. The summed E-state index contributed by atoms with van der Waals surface area (Å²) < 4.78 is 0. The molecule has 0 aliphatic carbocycles. The number of hydrogen-bond donors (Lipinski definition) is 5. The van der Waals surface area contributed by atoms with Crippen molar-refractivity contribution in [3.63, 3.8) is 0 Å². The monoisotopic (exact) mass is 399 g/mol. The SMILES string of the molecule is O=C(O)CN1CCNCCNCCNCC1.[N-]=[N+]=N.[N-]=[N+]=[N-].[N-]=[N+]=[N-].[N-]=[N+]=[N-]. The van der Waals surface area contributed by atoms with Crippen LogP contribution in [0.4, 0.5) is 0 Å². The lowest BCUT2D eigenvalue weighted by Crippen LogP contribution is -2.43. The smallest absolute Gasteiger partial charge is 0.317 e. The van der Waals surface area contributed by atoms with Crippen LogP contribution in [0, 0.1) is 5.53 Å². The summed E-state index contributed by atoms with van der Waals surface area (Å²) >= 11 is 0. The number of carboxylic acid groups (broad SMARTS) is 1. The number of rotatable bonds is 2. The lowest BCUT2D eigenvalue weighted by molar-refractivity contribution is -0.138. The fourth-order valence-electron chi connectivity index (χ4n) is 1.66. The first-order valence-corrected chi connectivity index (χ1v) is 7.47. The molecule has 1 aliphatic heterocycles. The highest BCUT2D eigenvalue weighted by atomic mass is 16.4. The Bertz CT molecular complexity index is 426. The third-order valence-corrected chi connectivity index (χ3v) is 2.53. The van der Waals surface area contributed by atoms with Crippen LogP contribution in [0.1, 0.15) is 0 Å². The molecule has 0 bridgehead atoms. The van der Waals surface area contributed by atoms with E-state index in [1.165, 1.54) is 14.7 Å². The highest BCUT2D eigenvalue weighted by Crippen LogP contribution is 1.86. The molecule has 28 heavy (non-hydrogen) atoms. The van der Waals surface area contributed by atoms with Crippen molar-refractivity contribution >= 4 is 5.97 Å². The molecule has 0 saturated carbocycles. The van der Waals surface area contributed by atoms with Gasteiger partial charge in [0.25, 0.3) is 0 Å². The number of nitrogens with one attached hydrogen (secondary N) is 4.